The number of carbonyl (C=O) groups excluding carboxylic acids is 1. The molecule has 1 aromatic heterocycles. The van der Waals surface area contributed by atoms with Crippen molar-refractivity contribution in [2.45, 2.75) is 130 Å². The zero-order chi connectivity index (χ0) is 28.0. The predicted octanol–water partition coefficient (Wildman–Crippen LogP) is 5.18. The van der Waals surface area contributed by atoms with Gasteiger partial charge in [-0.25, -0.2) is 4.98 Å². The summed E-state index contributed by atoms with van der Waals surface area (Å²) in [5.41, 5.74) is 0.849. The van der Waals surface area contributed by atoms with E-state index in [0.29, 0.717) is 0 Å². The molecule has 0 aliphatic carbocycles. The van der Waals surface area contributed by atoms with Gasteiger partial charge in [-0.3, -0.25) is 4.79 Å². The van der Waals surface area contributed by atoms with E-state index in [2.05, 4.69) is 32.7 Å². The average molecular weight is 550 g/mol. The summed E-state index contributed by atoms with van der Waals surface area (Å²) in [7, 11) is 0. The largest absolute Gasteiger partial charge is 0.457 e. The molecule has 0 aromatic carbocycles. The fourth-order valence-corrected chi connectivity index (χ4v) is 7.05. The summed E-state index contributed by atoms with van der Waals surface area (Å²) in [5, 5.41) is 25.3. The highest BCUT2D eigenvalue weighted by Gasteiger charge is 2.58. The van der Waals surface area contributed by atoms with Crippen LogP contribution in [-0.2, 0) is 25.4 Å². The summed E-state index contributed by atoms with van der Waals surface area (Å²) in [6, 6.07) is 0. The van der Waals surface area contributed by atoms with Gasteiger partial charge in [0.15, 0.2) is 0 Å². The van der Waals surface area contributed by atoms with Crippen molar-refractivity contribution >= 4 is 23.4 Å². The highest BCUT2D eigenvalue weighted by atomic mass is 32.1. The Labute approximate surface area is 232 Å². The molecule has 0 amide bonds. The number of ether oxygens (including phenoxy) is 3. The van der Waals surface area contributed by atoms with E-state index in [0.717, 1.165) is 42.0 Å². The first-order valence-electron chi connectivity index (χ1n) is 14.3. The first kappa shape index (κ1) is 29.7. The van der Waals surface area contributed by atoms with Crippen molar-refractivity contribution in [3.05, 3.63) is 21.7 Å². The van der Waals surface area contributed by atoms with Crippen LogP contribution in [0.15, 0.2) is 11.0 Å². The normalized spacial score (nSPS) is 42.4. The first-order chi connectivity index (χ1) is 17.8. The molecule has 7 nitrogen and oxygen atoms in total. The summed E-state index contributed by atoms with van der Waals surface area (Å²) in [6.07, 6.45) is 3.19. The van der Waals surface area contributed by atoms with E-state index in [1.54, 1.807) is 11.3 Å². The summed E-state index contributed by atoms with van der Waals surface area (Å²) in [6.45, 7) is 16.2. The molecule has 3 fully saturated rings. The van der Waals surface area contributed by atoms with Crippen LogP contribution in [0, 0.1) is 23.2 Å². The number of hydrogen-bond donors (Lipinski definition) is 2. The first-order valence-corrected chi connectivity index (χ1v) is 15.2. The van der Waals surface area contributed by atoms with Crippen molar-refractivity contribution < 1.29 is 29.2 Å². The molecule has 2 unspecified atom stereocenters. The maximum Gasteiger partial charge on any atom is 0.309 e. The number of aromatic nitrogens is 1. The van der Waals surface area contributed by atoms with Gasteiger partial charge in [0.05, 0.1) is 53.2 Å². The number of cyclic esters (lactones) is 1. The van der Waals surface area contributed by atoms with E-state index in [1.165, 1.54) is 0 Å². The lowest BCUT2D eigenvalue weighted by Crippen LogP contribution is -2.40. The second-order valence-corrected chi connectivity index (χ2v) is 13.8. The van der Waals surface area contributed by atoms with Crippen LogP contribution in [0.5, 0.6) is 0 Å². The highest BCUT2D eigenvalue weighted by molar-refractivity contribution is 7.09. The Morgan fingerprint density at radius 3 is 2.55 bits per heavy atom. The van der Waals surface area contributed by atoms with Gasteiger partial charge in [-0.15, -0.1) is 11.3 Å². The number of epoxide rings is 2. The number of carbonyl (C=O) groups is 1. The number of hydrogen-bond acceptors (Lipinski definition) is 8. The molecule has 3 saturated heterocycles. The second kappa shape index (κ2) is 11.3. The number of fused-ring (bicyclic) bond motifs is 2. The van der Waals surface area contributed by atoms with Gasteiger partial charge >= 0.3 is 5.97 Å². The molecular weight excluding hydrogens is 502 g/mol. The van der Waals surface area contributed by atoms with E-state index in [1.807, 2.05) is 39.2 Å². The lowest BCUT2D eigenvalue weighted by molar-refractivity contribution is -0.154. The predicted molar refractivity (Wildman–Crippen MR) is 149 cm³/mol. The van der Waals surface area contributed by atoms with E-state index in [9.17, 15) is 15.0 Å². The standard InChI is InChI=1S/C30H47NO6S/c1-9-22-31-20(15-38-22)13-17(3)25-19(5)27-30(8,37-27)12-10-11-16(2)24(34)18(4)26-28(36-26)29(6,7)21(32)14-23(33)35-25/h13,15-16,18-19,21,24-28,32,34H,9-12,14H2,1-8H3/b17-13+/t16-,18+,19+,21-,24-,25+,26?,27-,28?,30+/m0/s1. The van der Waals surface area contributed by atoms with Gasteiger partial charge in [0.1, 0.15) is 6.10 Å². The zero-order valence-corrected chi connectivity index (χ0v) is 25.1. The third-order valence-electron chi connectivity index (χ3n) is 9.30. The Balaban J connectivity index is 1.59. The lowest BCUT2D eigenvalue weighted by atomic mass is 9.77. The summed E-state index contributed by atoms with van der Waals surface area (Å²) in [5.74, 6) is -0.427. The fourth-order valence-electron chi connectivity index (χ4n) is 6.34. The van der Waals surface area contributed by atoms with Crippen molar-refractivity contribution in [3.63, 3.8) is 0 Å². The van der Waals surface area contributed by atoms with Gasteiger partial charge in [0, 0.05) is 22.6 Å². The fraction of sp³-hybridized carbons (Fsp3) is 0.800. The number of aliphatic hydroxyl groups excluding tert-OH is 2. The number of esters is 1. The number of thiazole rings is 1. The summed E-state index contributed by atoms with van der Waals surface area (Å²) in [4.78, 5) is 17.9. The van der Waals surface area contributed by atoms with Crippen LogP contribution in [0.25, 0.3) is 6.08 Å². The minimum atomic E-state index is -0.934. The number of nitrogens with zero attached hydrogens (tertiary/aromatic N) is 1. The minimum Gasteiger partial charge on any atom is -0.457 e. The third-order valence-corrected chi connectivity index (χ3v) is 10.3. The molecule has 214 valence electrons. The topological polar surface area (TPSA) is 105 Å². The summed E-state index contributed by atoms with van der Waals surface area (Å²) >= 11 is 1.63. The molecule has 10 atom stereocenters. The monoisotopic (exact) mass is 549 g/mol. The SMILES string of the molecule is CCc1nc(/C=C(\C)[C@H]2OC(=O)C[C@H](O)C(C)(C)C3OC3[C@H](C)[C@@H](O)[C@@H](C)CCC[C@@]3(C)O[C@H]3[C@@H]2C)cs1. The maximum atomic E-state index is 13.2. The molecule has 1 aromatic rings. The molecule has 38 heavy (non-hydrogen) atoms. The molecule has 0 radical (unpaired) electrons. The molecule has 0 spiro atoms. The Morgan fingerprint density at radius 1 is 1.18 bits per heavy atom. The van der Waals surface area contributed by atoms with Crippen LogP contribution >= 0.6 is 11.3 Å². The van der Waals surface area contributed by atoms with E-state index >= 15 is 0 Å². The highest BCUT2D eigenvalue weighted by Crippen LogP contribution is 2.49. The van der Waals surface area contributed by atoms with Crippen LogP contribution in [0.3, 0.4) is 0 Å². The lowest BCUT2D eigenvalue weighted by Gasteiger charge is -2.31. The molecule has 0 saturated carbocycles. The Morgan fingerprint density at radius 2 is 1.89 bits per heavy atom. The van der Waals surface area contributed by atoms with Crippen LogP contribution in [0.2, 0.25) is 0 Å². The van der Waals surface area contributed by atoms with Gasteiger partial charge in [0.25, 0.3) is 0 Å². The molecular formula is C30H47NO6S. The van der Waals surface area contributed by atoms with E-state index in [4.69, 9.17) is 14.2 Å². The third kappa shape index (κ3) is 6.20. The molecule has 3 aliphatic rings. The van der Waals surface area contributed by atoms with Crippen LogP contribution in [-0.4, -0.2) is 63.4 Å². The quantitative estimate of drug-likeness (QED) is 0.396. The van der Waals surface area contributed by atoms with Gasteiger partial charge < -0.3 is 24.4 Å². The van der Waals surface area contributed by atoms with Crippen molar-refractivity contribution in [3.8, 4) is 0 Å². The zero-order valence-electron chi connectivity index (χ0n) is 24.3. The molecule has 8 heteroatoms. The van der Waals surface area contributed by atoms with Gasteiger partial charge in [-0.05, 0) is 50.7 Å². The maximum absolute atomic E-state index is 13.2. The number of aryl methyl sites for hydroxylation is 1. The Kier molecular flexibility index (Phi) is 8.80. The van der Waals surface area contributed by atoms with Crippen molar-refractivity contribution in [2.75, 3.05) is 0 Å². The minimum absolute atomic E-state index is 0.0393. The smallest absolute Gasteiger partial charge is 0.309 e. The van der Waals surface area contributed by atoms with Crippen LogP contribution in [0.1, 0.15) is 91.8 Å². The molecule has 4 heterocycles. The summed E-state index contributed by atoms with van der Waals surface area (Å²) < 4.78 is 18.4. The molecule has 2 N–H and O–H groups in total. The molecule has 0 bridgehead atoms. The van der Waals surface area contributed by atoms with Gasteiger partial charge in [0.2, 0.25) is 0 Å². The number of rotatable bonds is 3. The molecule has 4 rings (SSSR count). The van der Waals surface area contributed by atoms with E-state index in [-0.39, 0.29) is 48.1 Å². The van der Waals surface area contributed by atoms with Gasteiger partial charge in [-0.1, -0.05) is 48.0 Å². The second-order valence-electron chi connectivity index (χ2n) is 12.8. The Bertz CT molecular complexity index is 1020. The van der Waals surface area contributed by atoms with Crippen LogP contribution in [0.4, 0.5) is 0 Å². The molecule has 3 aliphatic heterocycles. The van der Waals surface area contributed by atoms with E-state index < -0.39 is 29.7 Å². The van der Waals surface area contributed by atoms with Crippen LogP contribution < -0.4 is 0 Å². The Hall–Kier alpha value is -1.32. The average Bonchev–Trinajstić information content (AvgIpc) is 3.75. The van der Waals surface area contributed by atoms with Crippen molar-refractivity contribution in [1.82, 2.24) is 4.98 Å². The van der Waals surface area contributed by atoms with Crippen molar-refractivity contribution in [1.29, 1.82) is 0 Å². The van der Waals surface area contributed by atoms with Gasteiger partial charge in [-0.2, -0.15) is 0 Å². The number of aliphatic hydroxyl groups is 2. The van der Waals surface area contributed by atoms with Crippen molar-refractivity contribution in [2.24, 2.45) is 23.2 Å².